The van der Waals surface area contributed by atoms with Crippen LogP contribution in [0.2, 0.25) is 0 Å². The smallest absolute Gasteiger partial charge is 0.104 e. The standard InChI is InChI=1S/C9H15NO/c1-8(10)9(11-2)6-4-3-5-7-9/h3-6,8H,7,10H2,1-2H3. The third-order valence-corrected chi connectivity index (χ3v) is 2.21. The molecule has 0 aliphatic heterocycles. The predicted molar refractivity (Wildman–Crippen MR) is 46.3 cm³/mol. The molecule has 0 aromatic rings. The second-order valence-electron chi connectivity index (χ2n) is 2.94. The van der Waals surface area contributed by atoms with Gasteiger partial charge in [0.25, 0.3) is 0 Å². The Morgan fingerprint density at radius 2 is 2.27 bits per heavy atom. The van der Waals surface area contributed by atoms with E-state index in [1.54, 1.807) is 7.11 Å². The van der Waals surface area contributed by atoms with Gasteiger partial charge in [0, 0.05) is 13.2 Å². The Morgan fingerprint density at radius 1 is 1.55 bits per heavy atom. The van der Waals surface area contributed by atoms with Crippen LogP contribution in [-0.2, 0) is 4.74 Å². The quantitative estimate of drug-likeness (QED) is 0.647. The molecule has 0 aromatic carbocycles. The zero-order valence-electron chi connectivity index (χ0n) is 7.08. The van der Waals surface area contributed by atoms with E-state index >= 15 is 0 Å². The molecule has 0 heterocycles. The van der Waals surface area contributed by atoms with Gasteiger partial charge in [-0.25, -0.2) is 0 Å². The van der Waals surface area contributed by atoms with Crippen molar-refractivity contribution in [3.05, 3.63) is 24.3 Å². The molecule has 0 spiro atoms. The number of rotatable bonds is 2. The molecule has 62 valence electrons. The maximum Gasteiger partial charge on any atom is 0.104 e. The molecular weight excluding hydrogens is 138 g/mol. The van der Waals surface area contributed by atoms with E-state index in [9.17, 15) is 0 Å². The first-order valence-corrected chi connectivity index (χ1v) is 3.86. The van der Waals surface area contributed by atoms with Gasteiger partial charge in [0.1, 0.15) is 5.60 Å². The van der Waals surface area contributed by atoms with Crippen molar-refractivity contribution < 1.29 is 4.74 Å². The van der Waals surface area contributed by atoms with Gasteiger partial charge >= 0.3 is 0 Å². The van der Waals surface area contributed by atoms with Gasteiger partial charge in [0.05, 0.1) is 0 Å². The topological polar surface area (TPSA) is 35.2 Å². The van der Waals surface area contributed by atoms with Crippen molar-refractivity contribution >= 4 is 0 Å². The largest absolute Gasteiger partial charge is 0.372 e. The molecule has 2 heteroatoms. The van der Waals surface area contributed by atoms with Gasteiger partial charge in [0.15, 0.2) is 0 Å². The van der Waals surface area contributed by atoms with Crippen molar-refractivity contribution in [1.29, 1.82) is 0 Å². The van der Waals surface area contributed by atoms with Gasteiger partial charge in [-0.2, -0.15) is 0 Å². The van der Waals surface area contributed by atoms with E-state index < -0.39 is 0 Å². The van der Waals surface area contributed by atoms with Crippen molar-refractivity contribution in [2.24, 2.45) is 5.73 Å². The molecule has 11 heavy (non-hydrogen) atoms. The summed E-state index contributed by atoms with van der Waals surface area (Å²) in [6, 6.07) is 0.0358. The van der Waals surface area contributed by atoms with E-state index in [2.05, 4.69) is 6.08 Å². The van der Waals surface area contributed by atoms with Crippen molar-refractivity contribution in [3.63, 3.8) is 0 Å². The molecule has 0 saturated carbocycles. The van der Waals surface area contributed by atoms with Crippen LogP contribution in [0.5, 0.6) is 0 Å². The SMILES string of the molecule is COC1(C(C)N)C=CC=CC1. The summed E-state index contributed by atoms with van der Waals surface area (Å²) in [4.78, 5) is 0. The number of hydrogen-bond acceptors (Lipinski definition) is 2. The summed E-state index contributed by atoms with van der Waals surface area (Å²) in [6.45, 7) is 1.97. The van der Waals surface area contributed by atoms with Crippen LogP contribution < -0.4 is 5.73 Å². The van der Waals surface area contributed by atoms with Crippen LogP contribution in [0.1, 0.15) is 13.3 Å². The number of nitrogens with two attached hydrogens (primary N) is 1. The average molecular weight is 153 g/mol. The Morgan fingerprint density at radius 3 is 2.55 bits per heavy atom. The van der Waals surface area contributed by atoms with E-state index in [0.29, 0.717) is 0 Å². The number of allylic oxidation sites excluding steroid dienone is 2. The maximum atomic E-state index is 5.80. The third-order valence-electron chi connectivity index (χ3n) is 2.21. The molecular formula is C9H15NO. The Labute approximate surface area is 67.7 Å². The van der Waals surface area contributed by atoms with Crippen LogP contribution in [-0.4, -0.2) is 18.8 Å². The van der Waals surface area contributed by atoms with E-state index in [-0.39, 0.29) is 11.6 Å². The predicted octanol–water partition coefficient (Wildman–Crippen LogP) is 1.23. The molecule has 1 aliphatic carbocycles. The highest BCUT2D eigenvalue weighted by atomic mass is 16.5. The lowest BCUT2D eigenvalue weighted by molar-refractivity contribution is 0.0165. The number of ether oxygens (including phenoxy) is 1. The monoisotopic (exact) mass is 153 g/mol. The Balaban J connectivity index is 2.77. The minimum absolute atomic E-state index is 0.0358. The first-order valence-electron chi connectivity index (χ1n) is 3.86. The lowest BCUT2D eigenvalue weighted by Gasteiger charge is -2.33. The fourth-order valence-electron chi connectivity index (χ4n) is 1.29. The average Bonchev–Trinajstić information content (AvgIpc) is 2.05. The fourth-order valence-corrected chi connectivity index (χ4v) is 1.29. The van der Waals surface area contributed by atoms with E-state index in [0.717, 1.165) is 6.42 Å². The molecule has 2 unspecified atom stereocenters. The molecule has 0 amide bonds. The molecule has 2 nitrogen and oxygen atoms in total. The van der Waals surface area contributed by atoms with Crippen LogP contribution in [0.15, 0.2) is 24.3 Å². The highest BCUT2D eigenvalue weighted by molar-refractivity contribution is 5.20. The zero-order chi connectivity index (χ0) is 8.32. The highest BCUT2D eigenvalue weighted by Crippen LogP contribution is 2.24. The Kier molecular flexibility index (Phi) is 2.47. The first-order chi connectivity index (χ1) is 5.21. The Bertz CT molecular complexity index is 184. The summed E-state index contributed by atoms with van der Waals surface area (Å²) in [6.07, 6.45) is 8.97. The van der Waals surface area contributed by atoms with E-state index in [1.807, 2.05) is 25.2 Å². The lowest BCUT2D eigenvalue weighted by Crippen LogP contribution is -2.46. The van der Waals surface area contributed by atoms with Gasteiger partial charge in [-0.1, -0.05) is 24.3 Å². The van der Waals surface area contributed by atoms with E-state index in [1.165, 1.54) is 0 Å². The molecule has 2 N–H and O–H groups in total. The van der Waals surface area contributed by atoms with Crippen molar-refractivity contribution in [2.45, 2.75) is 25.0 Å². The minimum Gasteiger partial charge on any atom is -0.372 e. The molecule has 0 radical (unpaired) electrons. The van der Waals surface area contributed by atoms with Crippen LogP contribution >= 0.6 is 0 Å². The first kappa shape index (κ1) is 8.50. The van der Waals surface area contributed by atoms with Crippen LogP contribution in [0, 0.1) is 0 Å². The fraction of sp³-hybridized carbons (Fsp3) is 0.556. The van der Waals surface area contributed by atoms with Crippen molar-refractivity contribution in [2.75, 3.05) is 7.11 Å². The second kappa shape index (κ2) is 3.20. The molecule has 0 fully saturated rings. The van der Waals surface area contributed by atoms with Crippen LogP contribution in [0.25, 0.3) is 0 Å². The summed E-state index contributed by atoms with van der Waals surface area (Å²) in [5.74, 6) is 0. The zero-order valence-corrected chi connectivity index (χ0v) is 7.08. The van der Waals surface area contributed by atoms with Gasteiger partial charge in [-0.3, -0.25) is 0 Å². The normalized spacial score (nSPS) is 32.3. The van der Waals surface area contributed by atoms with Crippen LogP contribution in [0.4, 0.5) is 0 Å². The highest BCUT2D eigenvalue weighted by Gasteiger charge is 2.30. The van der Waals surface area contributed by atoms with Crippen molar-refractivity contribution in [1.82, 2.24) is 0 Å². The van der Waals surface area contributed by atoms with Crippen molar-refractivity contribution in [3.8, 4) is 0 Å². The molecule has 0 saturated heterocycles. The minimum atomic E-state index is -0.269. The Hall–Kier alpha value is -0.600. The summed E-state index contributed by atoms with van der Waals surface area (Å²) in [5, 5.41) is 0. The lowest BCUT2D eigenvalue weighted by atomic mass is 9.89. The third kappa shape index (κ3) is 1.52. The van der Waals surface area contributed by atoms with E-state index in [4.69, 9.17) is 10.5 Å². The number of hydrogen-bond donors (Lipinski definition) is 1. The number of methoxy groups -OCH3 is 1. The van der Waals surface area contributed by atoms with Gasteiger partial charge in [-0.15, -0.1) is 0 Å². The maximum absolute atomic E-state index is 5.80. The summed E-state index contributed by atoms with van der Waals surface area (Å²) < 4.78 is 5.38. The molecule has 1 rings (SSSR count). The summed E-state index contributed by atoms with van der Waals surface area (Å²) >= 11 is 0. The van der Waals surface area contributed by atoms with Crippen LogP contribution in [0.3, 0.4) is 0 Å². The van der Waals surface area contributed by atoms with Gasteiger partial charge < -0.3 is 10.5 Å². The summed E-state index contributed by atoms with van der Waals surface area (Å²) in [7, 11) is 1.70. The summed E-state index contributed by atoms with van der Waals surface area (Å²) in [5.41, 5.74) is 5.53. The van der Waals surface area contributed by atoms with Gasteiger partial charge in [0.2, 0.25) is 0 Å². The molecule has 1 aliphatic rings. The molecule has 0 aromatic heterocycles. The molecule has 0 bridgehead atoms. The molecule has 2 atom stereocenters. The second-order valence-corrected chi connectivity index (χ2v) is 2.94. The van der Waals surface area contributed by atoms with Gasteiger partial charge in [-0.05, 0) is 13.3 Å².